The van der Waals surface area contributed by atoms with Crippen molar-refractivity contribution in [3.05, 3.63) is 35.2 Å². The Kier molecular flexibility index (Phi) is 3.96. The van der Waals surface area contributed by atoms with E-state index in [0.29, 0.717) is 11.8 Å². The van der Waals surface area contributed by atoms with Crippen molar-refractivity contribution in [1.82, 2.24) is 25.3 Å². The van der Waals surface area contributed by atoms with E-state index >= 15 is 0 Å². The third-order valence-corrected chi connectivity index (χ3v) is 5.65. The maximum absolute atomic E-state index is 4.40. The number of hydrogen-bond donors (Lipinski definition) is 1. The van der Waals surface area contributed by atoms with Crippen LogP contribution in [0.2, 0.25) is 0 Å². The van der Waals surface area contributed by atoms with Crippen LogP contribution in [0.5, 0.6) is 0 Å². The second-order valence-electron chi connectivity index (χ2n) is 7.93. The SMILES string of the molecule is CN1CCc2nnc(NCC3CN(c4ccc(C5CC5)nn4)C3)cc2C1. The summed E-state index contributed by atoms with van der Waals surface area (Å²) in [6.45, 7) is 4.99. The average Bonchev–Trinajstić information content (AvgIpc) is 3.45. The molecule has 1 N–H and O–H groups in total. The van der Waals surface area contributed by atoms with Gasteiger partial charge >= 0.3 is 0 Å². The van der Waals surface area contributed by atoms with Gasteiger partial charge in [-0.3, -0.25) is 0 Å². The fourth-order valence-corrected chi connectivity index (χ4v) is 3.79. The molecule has 0 bridgehead atoms. The molecule has 1 saturated carbocycles. The van der Waals surface area contributed by atoms with Crippen molar-refractivity contribution < 1.29 is 0 Å². The number of nitrogens with zero attached hydrogens (tertiary/aromatic N) is 6. The van der Waals surface area contributed by atoms with Crippen LogP contribution in [-0.4, -0.2) is 58.5 Å². The molecule has 0 unspecified atom stereocenters. The standard InChI is InChI=1S/C19H25N7/c1-25-7-6-17-15(12-25)8-18(23-21-17)20-9-13-10-26(11-13)19-5-4-16(22-24-19)14-2-3-14/h4-5,8,13-14H,2-3,6-7,9-12H2,1H3,(H,20,23). The normalized spacial score (nSPS) is 20.6. The first-order valence-corrected chi connectivity index (χ1v) is 9.61. The zero-order valence-electron chi connectivity index (χ0n) is 15.2. The Hall–Kier alpha value is -2.28. The van der Waals surface area contributed by atoms with Crippen LogP contribution in [0, 0.1) is 5.92 Å². The van der Waals surface area contributed by atoms with E-state index in [0.717, 1.165) is 62.2 Å². The zero-order chi connectivity index (χ0) is 17.5. The summed E-state index contributed by atoms with van der Waals surface area (Å²) in [5, 5.41) is 21.0. The van der Waals surface area contributed by atoms with E-state index in [1.165, 1.54) is 18.4 Å². The van der Waals surface area contributed by atoms with E-state index in [1.54, 1.807) is 0 Å². The molecule has 0 spiro atoms. The Bertz CT molecular complexity index is 781. The van der Waals surface area contributed by atoms with Crippen molar-refractivity contribution in [2.24, 2.45) is 5.92 Å². The van der Waals surface area contributed by atoms with E-state index in [4.69, 9.17) is 0 Å². The van der Waals surface area contributed by atoms with Gasteiger partial charge in [0.15, 0.2) is 5.82 Å². The summed E-state index contributed by atoms with van der Waals surface area (Å²) in [5.74, 6) is 3.18. The van der Waals surface area contributed by atoms with Crippen LogP contribution in [0.25, 0.3) is 0 Å². The van der Waals surface area contributed by atoms with Gasteiger partial charge in [-0.2, -0.15) is 10.2 Å². The molecule has 2 fully saturated rings. The van der Waals surface area contributed by atoms with Crippen LogP contribution >= 0.6 is 0 Å². The minimum atomic E-state index is 0.611. The van der Waals surface area contributed by atoms with Crippen LogP contribution < -0.4 is 10.2 Å². The van der Waals surface area contributed by atoms with Crippen molar-refractivity contribution in [1.29, 1.82) is 0 Å². The van der Waals surface area contributed by atoms with E-state index in [-0.39, 0.29) is 0 Å². The third kappa shape index (κ3) is 3.23. The predicted molar refractivity (Wildman–Crippen MR) is 100 cm³/mol. The molecule has 7 nitrogen and oxygen atoms in total. The van der Waals surface area contributed by atoms with Gasteiger partial charge in [-0.05, 0) is 43.7 Å². The average molecular weight is 351 g/mol. The number of aromatic nitrogens is 4. The maximum atomic E-state index is 4.40. The van der Waals surface area contributed by atoms with E-state index in [9.17, 15) is 0 Å². The summed E-state index contributed by atoms with van der Waals surface area (Å²) in [5.41, 5.74) is 3.61. The maximum Gasteiger partial charge on any atom is 0.151 e. The van der Waals surface area contributed by atoms with Gasteiger partial charge in [0.2, 0.25) is 0 Å². The van der Waals surface area contributed by atoms with Crippen LogP contribution in [0.4, 0.5) is 11.6 Å². The molecule has 7 heteroatoms. The zero-order valence-corrected chi connectivity index (χ0v) is 15.2. The summed E-state index contributed by atoms with van der Waals surface area (Å²) >= 11 is 0. The van der Waals surface area contributed by atoms with Crippen molar-refractivity contribution >= 4 is 11.6 Å². The molecule has 136 valence electrons. The highest BCUT2D eigenvalue weighted by Crippen LogP contribution is 2.39. The Balaban J connectivity index is 1.13. The second-order valence-corrected chi connectivity index (χ2v) is 7.93. The predicted octanol–water partition coefficient (Wildman–Crippen LogP) is 1.68. The molecule has 0 atom stereocenters. The van der Waals surface area contributed by atoms with E-state index in [1.807, 2.05) is 0 Å². The summed E-state index contributed by atoms with van der Waals surface area (Å²) in [4.78, 5) is 4.62. The highest BCUT2D eigenvalue weighted by molar-refractivity contribution is 5.43. The van der Waals surface area contributed by atoms with Gasteiger partial charge in [0.1, 0.15) is 5.82 Å². The monoisotopic (exact) mass is 351 g/mol. The van der Waals surface area contributed by atoms with Gasteiger partial charge in [0.25, 0.3) is 0 Å². The molecule has 3 aliphatic rings. The number of hydrogen-bond acceptors (Lipinski definition) is 7. The van der Waals surface area contributed by atoms with Crippen molar-refractivity contribution in [3.63, 3.8) is 0 Å². The third-order valence-electron chi connectivity index (χ3n) is 5.65. The minimum absolute atomic E-state index is 0.611. The quantitative estimate of drug-likeness (QED) is 0.879. The van der Waals surface area contributed by atoms with Crippen LogP contribution in [0.1, 0.15) is 35.7 Å². The summed E-state index contributed by atoms with van der Waals surface area (Å²) < 4.78 is 0. The summed E-state index contributed by atoms with van der Waals surface area (Å²) in [6.07, 6.45) is 3.54. The van der Waals surface area contributed by atoms with Crippen LogP contribution in [-0.2, 0) is 13.0 Å². The van der Waals surface area contributed by atoms with Crippen molar-refractivity contribution in [2.45, 2.75) is 31.7 Å². The molecular formula is C19H25N7. The molecule has 1 aliphatic carbocycles. The number of rotatable bonds is 5. The first-order chi connectivity index (χ1) is 12.7. The summed E-state index contributed by atoms with van der Waals surface area (Å²) in [7, 11) is 2.15. The molecule has 2 aliphatic heterocycles. The highest BCUT2D eigenvalue weighted by Gasteiger charge is 2.29. The van der Waals surface area contributed by atoms with Gasteiger partial charge in [0.05, 0.1) is 11.4 Å². The van der Waals surface area contributed by atoms with Crippen LogP contribution in [0.3, 0.4) is 0 Å². The fourth-order valence-electron chi connectivity index (χ4n) is 3.79. The Labute approximate surface area is 153 Å². The molecule has 0 amide bonds. The summed E-state index contributed by atoms with van der Waals surface area (Å²) in [6, 6.07) is 6.43. The molecule has 2 aromatic rings. The molecule has 26 heavy (non-hydrogen) atoms. The smallest absolute Gasteiger partial charge is 0.151 e. The van der Waals surface area contributed by atoms with Crippen molar-refractivity contribution in [3.8, 4) is 0 Å². The lowest BCUT2D eigenvalue weighted by atomic mass is 10.00. The molecule has 0 radical (unpaired) electrons. The van der Waals surface area contributed by atoms with Gasteiger partial charge in [-0.15, -0.1) is 10.2 Å². The highest BCUT2D eigenvalue weighted by atomic mass is 15.3. The Morgan fingerprint density at radius 3 is 2.77 bits per heavy atom. The van der Waals surface area contributed by atoms with E-state index < -0.39 is 0 Å². The lowest BCUT2D eigenvalue weighted by Crippen LogP contribution is -2.50. The topological polar surface area (TPSA) is 70.1 Å². The first-order valence-electron chi connectivity index (χ1n) is 9.61. The Morgan fingerprint density at radius 1 is 1.12 bits per heavy atom. The van der Waals surface area contributed by atoms with Crippen LogP contribution in [0.15, 0.2) is 18.2 Å². The molecular weight excluding hydrogens is 326 g/mol. The number of likely N-dealkylation sites (N-methyl/N-ethyl adjacent to an activating group) is 1. The number of anilines is 2. The van der Waals surface area contributed by atoms with Gasteiger partial charge < -0.3 is 15.1 Å². The first kappa shape index (κ1) is 15.9. The van der Waals surface area contributed by atoms with E-state index in [2.05, 4.69) is 60.8 Å². The number of fused-ring (bicyclic) bond motifs is 1. The molecule has 4 heterocycles. The lowest BCUT2D eigenvalue weighted by Gasteiger charge is -2.40. The molecule has 1 saturated heterocycles. The van der Waals surface area contributed by atoms with Gasteiger partial charge in [-0.1, -0.05) is 0 Å². The lowest BCUT2D eigenvalue weighted by molar-refractivity contribution is 0.309. The minimum Gasteiger partial charge on any atom is -0.368 e. The van der Waals surface area contributed by atoms with Gasteiger partial charge in [-0.25, -0.2) is 0 Å². The fraction of sp³-hybridized carbons (Fsp3) is 0.579. The molecule has 0 aromatic carbocycles. The second kappa shape index (κ2) is 6.46. The molecule has 2 aromatic heterocycles. The van der Waals surface area contributed by atoms with Crippen molar-refractivity contribution in [2.75, 3.05) is 43.4 Å². The molecule has 5 rings (SSSR count). The van der Waals surface area contributed by atoms with Gasteiger partial charge in [0, 0.05) is 51.0 Å². The Morgan fingerprint density at radius 2 is 2.00 bits per heavy atom. The largest absolute Gasteiger partial charge is 0.368 e. The number of nitrogens with one attached hydrogen (secondary N) is 1.